The number of hydrogen-bond donors (Lipinski definition) is 2. The van der Waals surface area contributed by atoms with Gasteiger partial charge in [0, 0.05) is 25.3 Å². The normalized spacial score (nSPS) is 13.8. The van der Waals surface area contributed by atoms with Gasteiger partial charge in [-0.3, -0.25) is 0 Å². The predicted octanol–water partition coefficient (Wildman–Crippen LogP) is 3.16. The summed E-state index contributed by atoms with van der Waals surface area (Å²) in [6.07, 6.45) is 4.06. The van der Waals surface area contributed by atoms with Crippen molar-refractivity contribution in [2.75, 3.05) is 25.0 Å². The van der Waals surface area contributed by atoms with Gasteiger partial charge < -0.3 is 10.6 Å². The second-order valence-electron chi connectivity index (χ2n) is 5.66. The van der Waals surface area contributed by atoms with E-state index in [4.69, 9.17) is 0 Å². The van der Waals surface area contributed by atoms with E-state index in [0.717, 1.165) is 36.1 Å². The molecule has 2 N–H and O–H groups in total. The van der Waals surface area contributed by atoms with Gasteiger partial charge in [-0.1, -0.05) is 38.1 Å². The van der Waals surface area contributed by atoms with Crippen molar-refractivity contribution in [2.45, 2.75) is 33.1 Å². The maximum atomic E-state index is 12.7. The Kier molecular flexibility index (Phi) is 6.23. The van der Waals surface area contributed by atoms with E-state index in [1.165, 1.54) is 10.0 Å². The van der Waals surface area contributed by atoms with E-state index < -0.39 is 0 Å². The molecule has 130 valence electrons. The van der Waals surface area contributed by atoms with Crippen LogP contribution in [0.3, 0.4) is 0 Å². The van der Waals surface area contributed by atoms with E-state index in [0.29, 0.717) is 19.6 Å². The molecule has 1 aromatic carbocycles. The highest BCUT2D eigenvalue weighted by Crippen LogP contribution is 2.24. The number of urea groups is 2. The van der Waals surface area contributed by atoms with Gasteiger partial charge in [0.25, 0.3) is 0 Å². The molecule has 0 unspecified atom stereocenters. The van der Waals surface area contributed by atoms with Gasteiger partial charge in [0.05, 0.1) is 0 Å². The first-order valence-corrected chi connectivity index (χ1v) is 8.47. The summed E-state index contributed by atoms with van der Waals surface area (Å²) >= 11 is 0. The van der Waals surface area contributed by atoms with Gasteiger partial charge in [-0.25, -0.2) is 19.6 Å². The molecule has 1 saturated heterocycles. The molecule has 1 aliphatic rings. The number of hydrazine groups is 1. The summed E-state index contributed by atoms with van der Waals surface area (Å²) in [5.41, 5.74) is 3.07. The van der Waals surface area contributed by atoms with Crippen molar-refractivity contribution in [2.24, 2.45) is 0 Å². The molecule has 0 saturated carbocycles. The zero-order valence-electron chi connectivity index (χ0n) is 14.5. The van der Waals surface area contributed by atoms with Crippen LogP contribution < -0.4 is 10.6 Å². The Bertz CT molecular complexity index is 593. The molecule has 6 heteroatoms. The molecule has 24 heavy (non-hydrogen) atoms. The fourth-order valence-electron chi connectivity index (χ4n) is 2.86. The summed E-state index contributed by atoms with van der Waals surface area (Å²) < 4.78 is 0. The minimum atomic E-state index is -0.276. The Morgan fingerprint density at radius 2 is 1.71 bits per heavy atom. The Morgan fingerprint density at radius 3 is 2.25 bits per heavy atom. The largest absolute Gasteiger partial charge is 0.340 e. The van der Waals surface area contributed by atoms with E-state index in [-0.39, 0.29) is 12.1 Å². The van der Waals surface area contributed by atoms with Crippen LogP contribution in [0.15, 0.2) is 30.9 Å². The Morgan fingerprint density at radius 1 is 1.12 bits per heavy atom. The molecule has 1 aliphatic heterocycles. The van der Waals surface area contributed by atoms with E-state index in [2.05, 4.69) is 31.1 Å². The molecule has 0 spiro atoms. The van der Waals surface area contributed by atoms with Gasteiger partial charge >= 0.3 is 12.1 Å². The van der Waals surface area contributed by atoms with Crippen LogP contribution in [-0.2, 0) is 12.8 Å². The SMILES string of the molecule is C=CCNC(=O)N1CCCN1C(=O)Nc1c(CC)cccc1CC. The molecule has 6 nitrogen and oxygen atoms in total. The van der Waals surface area contributed by atoms with Crippen molar-refractivity contribution in [1.29, 1.82) is 0 Å². The van der Waals surface area contributed by atoms with Crippen LogP contribution in [0.5, 0.6) is 0 Å². The average molecular weight is 330 g/mol. The van der Waals surface area contributed by atoms with E-state index in [9.17, 15) is 9.59 Å². The molecule has 4 amide bonds. The van der Waals surface area contributed by atoms with Crippen molar-refractivity contribution < 1.29 is 9.59 Å². The summed E-state index contributed by atoms with van der Waals surface area (Å²) in [4.78, 5) is 24.9. The smallest absolute Gasteiger partial charge is 0.333 e. The first-order chi connectivity index (χ1) is 11.6. The van der Waals surface area contributed by atoms with E-state index in [1.807, 2.05) is 18.2 Å². The van der Waals surface area contributed by atoms with Gasteiger partial charge in [0.1, 0.15) is 0 Å². The third kappa shape index (κ3) is 3.88. The first-order valence-electron chi connectivity index (χ1n) is 8.47. The number of nitrogens with one attached hydrogen (secondary N) is 2. The molecular formula is C18H26N4O2. The van der Waals surface area contributed by atoms with E-state index >= 15 is 0 Å². The Hall–Kier alpha value is -2.50. The van der Waals surface area contributed by atoms with Crippen molar-refractivity contribution in [3.63, 3.8) is 0 Å². The van der Waals surface area contributed by atoms with Crippen molar-refractivity contribution >= 4 is 17.7 Å². The van der Waals surface area contributed by atoms with Crippen LogP contribution in [0, 0.1) is 0 Å². The summed E-state index contributed by atoms with van der Waals surface area (Å²) in [6, 6.07) is 5.51. The fraction of sp³-hybridized carbons (Fsp3) is 0.444. The van der Waals surface area contributed by atoms with Gasteiger partial charge in [-0.2, -0.15) is 0 Å². The quantitative estimate of drug-likeness (QED) is 0.815. The maximum absolute atomic E-state index is 12.7. The third-order valence-corrected chi connectivity index (χ3v) is 4.13. The number of benzene rings is 1. The highest BCUT2D eigenvalue weighted by molar-refractivity contribution is 5.92. The number of para-hydroxylation sites is 1. The number of carbonyl (C=O) groups is 2. The van der Waals surface area contributed by atoms with Crippen LogP contribution in [0.4, 0.5) is 15.3 Å². The fourth-order valence-corrected chi connectivity index (χ4v) is 2.86. The number of carbonyl (C=O) groups excluding carboxylic acids is 2. The van der Waals surface area contributed by atoms with Crippen LogP contribution >= 0.6 is 0 Å². The standard InChI is InChI=1S/C18H26N4O2/c1-4-11-19-17(23)21-12-8-13-22(21)18(24)20-16-14(5-2)9-7-10-15(16)6-3/h4,7,9-10H,1,5-6,8,11-13H2,2-3H3,(H,19,23)(H,20,24). The van der Waals surface area contributed by atoms with Gasteiger partial charge in [0.15, 0.2) is 0 Å². The third-order valence-electron chi connectivity index (χ3n) is 4.13. The minimum absolute atomic E-state index is 0.267. The van der Waals surface area contributed by atoms with Crippen molar-refractivity contribution in [3.8, 4) is 0 Å². The lowest BCUT2D eigenvalue weighted by Gasteiger charge is -2.28. The highest BCUT2D eigenvalue weighted by Gasteiger charge is 2.31. The first kappa shape index (κ1) is 17.8. The molecule has 2 rings (SSSR count). The van der Waals surface area contributed by atoms with Crippen molar-refractivity contribution in [1.82, 2.24) is 15.3 Å². The highest BCUT2D eigenvalue weighted by atomic mass is 16.2. The molecular weight excluding hydrogens is 304 g/mol. The zero-order chi connectivity index (χ0) is 17.5. The maximum Gasteiger partial charge on any atom is 0.340 e. The lowest BCUT2D eigenvalue weighted by Crippen LogP contribution is -2.50. The van der Waals surface area contributed by atoms with Crippen molar-refractivity contribution in [3.05, 3.63) is 42.0 Å². The number of rotatable bonds is 5. The monoisotopic (exact) mass is 330 g/mol. The summed E-state index contributed by atoms with van der Waals surface area (Å²) in [6.45, 7) is 9.15. The average Bonchev–Trinajstić information content (AvgIpc) is 3.09. The Labute approximate surface area is 143 Å². The second kappa shape index (κ2) is 8.38. The van der Waals surface area contributed by atoms with Crippen LogP contribution in [0.2, 0.25) is 0 Å². The summed E-state index contributed by atoms with van der Waals surface area (Å²) in [5.74, 6) is 0. The lowest BCUT2D eigenvalue weighted by molar-refractivity contribution is 0.0951. The molecule has 1 heterocycles. The van der Waals surface area contributed by atoms with E-state index in [1.54, 1.807) is 6.08 Å². The molecule has 1 aromatic rings. The molecule has 0 aromatic heterocycles. The van der Waals surface area contributed by atoms with Gasteiger partial charge in [-0.05, 0) is 30.4 Å². The number of anilines is 1. The van der Waals surface area contributed by atoms with Crippen LogP contribution in [0.1, 0.15) is 31.4 Å². The lowest BCUT2D eigenvalue weighted by atomic mass is 10.0. The number of aryl methyl sites for hydroxylation is 2. The van der Waals surface area contributed by atoms with Crippen LogP contribution in [0.25, 0.3) is 0 Å². The minimum Gasteiger partial charge on any atom is -0.333 e. The topological polar surface area (TPSA) is 64.7 Å². The zero-order valence-corrected chi connectivity index (χ0v) is 14.5. The predicted molar refractivity (Wildman–Crippen MR) is 95.8 cm³/mol. The summed E-state index contributed by atoms with van der Waals surface area (Å²) in [5, 5.41) is 8.66. The van der Waals surface area contributed by atoms with Crippen LogP contribution in [-0.4, -0.2) is 41.7 Å². The van der Waals surface area contributed by atoms with Gasteiger partial charge in [0.2, 0.25) is 0 Å². The number of amides is 4. The molecule has 0 aliphatic carbocycles. The summed E-state index contributed by atoms with van der Waals surface area (Å²) in [7, 11) is 0. The second-order valence-corrected chi connectivity index (χ2v) is 5.66. The molecule has 1 fully saturated rings. The molecule has 0 radical (unpaired) electrons. The number of hydrogen-bond acceptors (Lipinski definition) is 2. The van der Waals surface area contributed by atoms with Gasteiger partial charge in [-0.15, -0.1) is 6.58 Å². The molecule has 0 bridgehead atoms. The molecule has 0 atom stereocenters. The Balaban J connectivity index is 2.14. The number of nitrogens with zero attached hydrogens (tertiary/aromatic N) is 2.